The summed E-state index contributed by atoms with van der Waals surface area (Å²) >= 11 is 5.95. The highest BCUT2D eigenvalue weighted by Crippen LogP contribution is 2.17. The number of aromatic nitrogens is 1. The molecule has 1 heterocycles. The Bertz CT molecular complexity index is 439. The summed E-state index contributed by atoms with van der Waals surface area (Å²) < 4.78 is 0. The zero-order valence-corrected chi connectivity index (χ0v) is 9.95. The molecular weight excluding hydrogens is 226 g/mol. The number of nitriles is 1. The largest absolute Gasteiger partial charge is 0.341 e. The second kappa shape index (κ2) is 5.47. The SMILES string of the molecule is Cc1cc(Cl)c(C(=O)N(C)CCC#N)cn1. The van der Waals surface area contributed by atoms with Gasteiger partial charge in [0.2, 0.25) is 0 Å². The Morgan fingerprint density at radius 2 is 2.38 bits per heavy atom. The van der Waals surface area contributed by atoms with Crippen LogP contribution in [0.5, 0.6) is 0 Å². The highest BCUT2D eigenvalue weighted by Gasteiger charge is 2.15. The van der Waals surface area contributed by atoms with Gasteiger partial charge in [-0.3, -0.25) is 9.78 Å². The van der Waals surface area contributed by atoms with Gasteiger partial charge in [0.15, 0.2) is 0 Å². The Labute approximate surface area is 99.5 Å². The van der Waals surface area contributed by atoms with E-state index >= 15 is 0 Å². The molecule has 1 aromatic heterocycles. The molecule has 0 saturated heterocycles. The minimum absolute atomic E-state index is 0.215. The first-order chi connectivity index (χ1) is 7.56. The van der Waals surface area contributed by atoms with E-state index in [1.165, 1.54) is 11.1 Å². The van der Waals surface area contributed by atoms with Crippen molar-refractivity contribution >= 4 is 17.5 Å². The summed E-state index contributed by atoms with van der Waals surface area (Å²) in [7, 11) is 1.63. The van der Waals surface area contributed by atoms with Gasteiger partial charge in [0, 0.05) is 25.5 Å². The smallest absolute Gasteiger partial charge is 0.256 e. The molecule has 0 spiro atoms. The normalized spacial score (nSPS) is 9.62. The molecule has 4 nitrogen and oxygen atoms in total. The molecule has 16 heavy (non-hydrogen) atoms. The fraction of sp³-hybridized carbons (Fsp3) is 0.364. The predicted molar refractivity (Wildman–Crippen MR) is 61.2 cm³/mol. The van der Waals surface area contributed by atoms with E-state index in [1.54, 1.807) is 20.0 Å². The van der Waals surface area contributed by atoms with Crippen molar-refractivity contribution in [3.05, 3.63) is 28.5 Å². The lowest BCUT2D eigenvalue weighted by molar-refractivity contribution is 0.0798. The van der Waals surface area contributed by atoms with Gasteiger partial charge in [-0.05, 0) is 13.0 Å². The van der Waals surface area contributed by atoms with Gasteiger partial charge in [-0.1, -0.05) is 11.6 Å². The first-order valence-corrected chi connectivity index (χ1v) is 5.18. The third-order valence-electron chi connectivity index (χ3n) is 2.13. The van der Waals surface area contributed by atoms with Gasteiger partial charge in [-0.2, -0.15) is 5.26 Å². The predicted octanol–water partition coefficient (Wildman–Crippen LogP) is 2.03. The van der Waals surface area contributed by atoms with Crippen LogP contribution < -0.4 is 0 Å². The van der Waals surface area contributed by atoms with E-state index in [-0.39, 0.29) is 5.91 Å². The highest BCUT2D eigenvalue weighted by atomic mass is 35.5. The summed E-state index contributed by atoms with van der Waals surface area (Å²) in [6.45, 7) is 2.19. The Morgan fingerprint density at radius 1 is 1.69 bits per heavy atom. The zero-order valence-electron chi connectivity index (χ0n) is 9.20. The van der Waals surface area contributed by atoms with Crippen LogP contribution in [-0.2, 0) is 0 Å². The van der Waals surface area contributed by atoms with E-state index in [9.17, 15) is 4.79 Å². The summed E-state index contributed by atoms with van der Waals surface area (Å²) in [6, 6.07) is 3.63. The van der Waals surface area contributed by atoms with Crippen molar-refractivity contribution < 1.29 is 4.79 Å². The Hall–Kier alpha value is -1.60. The third kappa shape index (κ3) is 2.94. The molecule has 0 aliphatic rings. The van der Waals surface area contributed by atoms with E-state index in [4.69, 9.17) is 16.9 Å². The summed E-state index contributed by atoms with van der Waals surface area (Å²) in [5.74, 6) is -0.215. The van der Waals surface area contributed by atoms with Gasteiger partial charge in [0.1, 0.15) is 0 Å². The lowest BCUT2D eigenvalue weighted by Crippen LogP contribution is -2.28. The van der Waals surface area contributed by atoms with Crippen molar-refractivity contribution in [3.8, 4) is 6.07 Å². The molecule has 0 atom stereocenters. The summed E-state index contributed by atoms with van der Waals surface area (Å²) in [6.07, 6.45) is 1.77. The molecule has 1 rings (SSSR count). The molecule has 0 aliphatic carbocycles. The molecule has 0 unspecified atom stereocenters. The van der Waals surface area contributed by atoms with Crippen LogP contribution in [0.3, 0.4) is 0 Å². The minimum Gasteiger partial charge on any atom is -0.341 e. The molecule has 1 aromatic rings. The Morgan fingerprint density at radius 3 is 2.94 bits per heavy atom. The second-order valence-electron chi connectivity index (χ2n) is 3.44. The highest BCUT2D eigenvalue weighted by molar-refractivity contribution is 6.33. The number of aryl methyl sites for hydroxylation is 1. The maximum atomic E-state index is 11.9. The van der Waals surface area contributed by atoms with Crippen LogP contribution >= 0.6 is 11.6 Å². The number of hydrogen-bond acceptors (Lipinski definition) is 3. The molecule has 84 valence electrons. The first-order valence-electron chi connectivity index (χ1n) is 4.81. The van der Waals surface area contributed by atoms with E-state index in [0.29, 0.717) is 23.6 Å². The standard InChI is InChI=1S/C11H12ClN3O/c1-8-6-10(12)9(7-14-8)11(16)15(2)5-3-4-13/h6-7H,3,5H2,1-2H3. The van der Waals surface area contributed by atoms with E-state index in [0.717, 1.165) is 5.69 Å². The van der Waals surface area contributed by atoms with E-state index in [1.807, 2.05) is 6.07 Å². The maximum absolute atomic E-state index is 11.9. The zero-order chi connectivity index (χ0) is 12.1. The molecule has 1 amide bonds. The van der Waals surface area contributed by atoms with Crippen molar-refractivity contribution in [1.82, 2.24) is 9.88 Å². The first kappa shape index (κ1) is 12.5. The molecule has 0 N–H and O–H groups in total. The third-order valence-corrected chi connectivity index (χ3v) is 2.44. The van der Waals surface area contributed by atoms with Crippen LogP contribution in [0.25, 0.3) is 0 Å². The number of rotatable bonds is 3. The van der Waals surface area contributed by atoms with Crippen molar-refractivity contribution in [2.45, 2.75) is 13.3 Å². The van der Waals surface area contributed by atoms with Crippen LogP contribution in [0.1, 0.15) is 22.5 Å². The molecular formula is C11H12ClN3O. The van der Waals surface area contributed by atoms with Gasteiger partial charge < -0.3 is 4.90 Å². The number of halogens is 1. The maximum Gasteiger partial charge on any atom is 0.256 e. The lowest BCUT2D eigenvalue weighted by atomic mass is 10.2. The van der Waals surface area contributed by atoms with E-state index in [2.05, 4.69) is 4.98 Å². The minimum atomic E-state index is -0.215. The van der Waals surface area contributed by atoms with E-state index < -0.39 is 0 Å². The van der Waals surface area contributed by atoms with Crippen molar-refractivity contribution in [2.75, 3.05) is 13.6 Å². The Balaban J connectivity index is 2.84. The fourth-order valence-electron chi connectivity index (χ4n) is 1.21. The van der Waals surface area contributed by atoms with Crippen LogP contribution in [0.2, 0.25) is 5.02 Å². The van der Waals surface area contributed by atoms with Gasteiger partial charge in [0.05, 0.1) is 23.1 Å². The number of carbonyl (C=O) groups excluding carboxylic acids is 1. The van der Waals surface area contributed by atoms with Gasteiger partial charge in [-0.15, -0.1) is 0 Å². The lowest BCUT2D eigenvalue weighted by Gasteiger charge is -2.15. The van der Waals surface area contributed by atoms with Crippen LogP contribution in [0.15, 0.2) is 12.3 Å². The molecule has 0 aliphatic heterocycles. The van der Waals surface area contributed by atoms with Gasteiger partial charge in [-0.25, -0.2) is 0 Å². The average Bonchev–Trinajstić information content (AvgIpc) is 2.25. The van der Waals surface area contributed by atoms with Crippen LogP contribution in [-0.4, -0.2) is 29.4 Å². The summed E-state index contributed by atoms with van der Waals surface area (Å²) in [5.41, 5.74) is 1.13. The fourth-order valence-corrected chi connectivity index (χ4v) is 1.50. The molecule has 0 saturated carbocycles. The Kier molecular flexibility index (Phi) is 4.27. The molecule has 5 heteroatoms. The van der Waals surface area contributed by atoms with Crippen molar-refractivity contribution in [3.63, 3.8) is 0 Å². The second-order valence-corrected chi connectivity index (χ2v) is 3.85. The van der Waals surface area contributed by atoms with Crippen LogP contribution in [0.4, 0.5) is 0 Å². The number of nitrogens with zero attached hydrogens (tertiary/aromatic N) is 3. The molecule has 0 radical (unpaired) electrons. The number of amides is 1. The quantitative estimate of drug-likeness (QED) is 0.808. The number of pyridine rings is 1. The van der Waals surface area contributed by atoms with Crippen molar-refractivity contribution in [1.29, 1.82) is 5.26 Å². The van der Waals surface area contributed by atoms with Crippen molar-refractivity contribution in [2.24, 2.45) is 0 Å². The topological polar surface area (TPSA) is 57.0 Å². The number of hydrogen-bond donors (Lipinski definition) is 0. The molecule has 0 aromatic carbocycles. The van der Waals surface area contributed by atoms with Gasteiger partial charge in [0.25, 0.3) is 5.91 Å². The average molecular weight is 238 g/mol. The van der Waals surface area contributed by atoms with Crippen LogP contribution in [0, 0.1) is 18.3 Å². The number of carbonyl (C=O) groups is 1. The summed E-state index contributed by atoms with van der Waals surface area (Å²) in [5, 5.41) is 8.82. The van der Waals surface area contributed by atoms with Gasteiger partial charge >= 0.3 is 0 Å². The molecule has 0 bridgehead atoms. The molecule has 0 fully saturated rings. The monoisotopic (exact) mass is 237 g/mol. The summed E-state index contributed by atoms with van der Waals surface area (Å²) in [4.78, 5) is 17.4.